The van der Waals surface area contributed by atoms with Crippen molar-refractivity contribution in [1.29, 1.82) is 0 Å². The summed E-state index contributed by atoms with van der Waals surface area (Å²) in [7, 11) is 0. The molecule has 1 aromatic carbocycles. The lowest BCUT2D eigenvalue weighted by molar-refractivity contribution is -0.120. The second-order valence-corrected chi connectivity index (χ2v) is 5.98. The lowest BCUT2D eigenvalue weighted by atomic mass is 10.1. The lowest BCUT2D eigenvalue weighted by Gasteiger charge is -2.22. The second-order valence-electron chi connectivity index (χ2n) is 5.98. The van der Waals surface area contributed by atoms with Crippen molar-refractivity contribution in [2.45, 2.75) is 38.1 Å². The molecule has 6 heteroatoms. The highest BCUT2D eigenvalue weighted by molar-refractivity contribution is 5.78. The third kappa shape index (κ3) is 5.55. The third-order valence-corrected chi connectivity index (χ3v) is 4.26. The van der Waals surface area contributed by atoms with E-state index in [0.29, 0.717) is 6.54 Å². The molecular weight excluding hydrogens is 302 g/mol. The van der Waals surface area contributed by atoms with Gasteiger partial charge in [0, 0.05) is 18.2 Å². The maximum atomic E-state index is 13.4. The molecule has 1 fully saturated rings. The van der Waals surface area contributed by atoms with Gasteiger partial charge in [-0.3, -0.25) is 9.69 Å². The van der Waals surface area contributed by atoms with Gasteiger partial charge in [0.15, 0.2) is 0 Å². The minimum absolute atomic E-state index is 0.0744. The Morgan fingerprint density at radius 3 is 2.96 bits per heavy atom. The summed E-state index contributed by atoms with van der Waals surface area (Å²) in [5.74, 6) is -1.41. The summed E-state index contributed by atoms with van der Waals surface area (Å²) in [6.45, 7) is 2.67. The van der Waals surface area contributed by atoms with Gasteiger partial charge in [-0.1, -0.05) is 0 Å². The number of nitrogens with one attached hydrogen (secondary N) is 1. The van der Waals surface area contributed by atoms with Crippen molar-refractivity contribution in [2.24, 2.45) is 0 Å². The highest BCUT2D eigenvalue weighted by atomic mass is 19.1. The molecule has 4 nitrogen and oxygen atoms in total. The zero-order chi connectivity index (χ0) is 16.7. The van der Waals surface area contributed by atoms with Gasteiger partial charge in [0.1, 0.15) is 11.6 Å². The summed E-state index contributed by atoms with van der Waals surface area (Å²) in [4.78, 5) is 14.0. The summed E-state index contributed by atoms with van der Waals surface area (Å²) < 4.78 is 26.5. The van der Waals surface area contributed by atoms with Crippen LogP contribution in [0.1, 0.15) is 31.2 Å². The number of hydrogen-bond donors (Lipinski definition) is 2. The largest absolute Gasteiger partial charge is 0.395 e. The molecule has 128 valence electrons. The molecule has 1 aliphatic heterocycles. The number of carbonyl (C=O) groups is 1. The molecule has 0 aliphatic carbocycles. The fourth-order valence-corrected chi connectivity index (χ4v) is 2.98. The average molecular weight is 326 g/mol. The number of rotatable bonds is 8. The predicted molar refractivity (Wildman–Crippen MR) is 84.0 cm³/mol. The van der Waals surface area contributed by atoms with Gasteiger partial charge in [-0.05, 0) is 57.0 Å². The van der Waals surface area contributed by atoms with Crippen LogP contribution in [0, 0.1) is 11.6 Å². The van der Waals surface area contributed by atoms with Crippen molar-refractivity contribution >= 4 is 5.91 Å². The molecule has 1 heterocycles. The van der Waals surface area contributed by atoms with Crippen LogP contribution in [0.3, 0.4) is 0 Å². The number of aliphatic hydroxyl groups is 1. The van der Waals surface area contributed by atoms with Gasteiger partial charge in [0.25, 0.3) is 0 Å². The first-order valence-electron chi connectivity index (χ1n) is 8.15. The number of carbonyl (C=O) groups excluding carboxylic acids is 1. The number of benzene rings is 1. The van der Waals surface area contributed by atoms with Gasteiger partial charge in [0.05, 0.1) is 13.0 Å². The van der Waals surface area contributed by atoms with Crippen LogP contribution in [-0.4, -0.2) is 48.2 Å². The first kappa shape index (κ1) is 17.8. The monoisotopic (exact) mass is 326 g/mol. The summed E-state index contributed by atoms with van der Waals surface area (Å²) in [5.41, 5.74) is 0.0744. The van der Waals surface area contributed by atoms with Crippen LogP contribution in [0.25, 0.3) is 0 Å². The first-order chi connectivity index (χ1) is 11.1. The van der Waals surface area contributed by atoms with E-state index in [-0.39, 0.29) is 30.5 Å². The van der Waals surface area contributed by atoms with E-state index in [0.717, 1.165) is 57.0 Å². The average Bonchev–Trinajstić information content (AvgIpc) is 2.98. The van der Waals surface area contributed by atoms with Crippen LogP contribution >= 0.6 is 0 Å². The summed E-state index contributed by atoms with van der Waals surface area (Å²) in [6.07, 6.45) is 3.78. The zero-order valence-corrected chi connectivity index (χ0v) is 13.2. The molecule has 2 N–H and O–H groups in total. The highest BCUT2D eigenvalue weighted by Crippen LogP contribution is 2.16. The molecule has 1 unspecified atom stereocenters. The third-order valence-electron chi connectivity index (χ3n) is 4.26. The van der Waals surface area contributed by atoms with Crippen LogP contribution in [0.2, 0.25) is 0 Å². The number of hydrogen-bond acceptors (Lipinski definition) is 3. The number of unbranched alkanes of at least 4 members (excludes halogenated alkanes) is 1. The summed E-state index contributed by atoms with van der Waals surface area (Å²) in [5, 5.41) is 12.0. The molecule has 0 bridgehead atoms. The van der Waals surface area contributed by atoms with E-state index in [4.69, 9.17) is 0 Å². The van der Waals surface area contributed by atoms with Gasteiger partial charge < -0.3 is 10.4 Å². The quantitative estimate of drug-likeness (QED) is 0.717. The maximum absolute atomic E-state index is 13.4. The Bertz CT molecular complexity index is 525. The standard InChI is InChI=1S/C17H24F2N2O2/c18-14-5-6-16(19)13(10-14)11-17(23)20-7-1-2-8-21-9-3-4-15(21)12-22/h5-6,10,15,22H,1-4,7-9,11-12H2,(H,20,23). The Morgan fingerprint density at radius 1 is 1.35 bits per heavy atom. The summed E-state index contributed by atoms with van der Waals surface area (Å²) >= 11 is 0. The molecule has 0 radical (unpaired) electrons. The van der Waals surface area contributed by atoms with Crippen LogP contribution < -0.4 is 5.32 Å². The lowest BCUT2D eigenvalue weighted by Crippen LogP contribution is -2.33. The smallest absolute Gasteiger partial charge is 0.224 e. The van der Waals surface area contributed by atoms with E-state index < -0.39 is 11.6 Å². The topological polar surface area (TPSA) is 52.6 Å². The van der Waals surface area contributed by atoms with Gasteiger partial charge in [-0.25, -0.2) is 8.78 Å². The molecule has 0 saturated carbocycles. The molecule has 1 atom stereocenters. The number of halogens is 2. The van der Waals surface area contributed by atoms with E-state index in [1.807, 2.05) is 0 Å². The van der Waals surface area contributed by atoms with Crippen molar-refractivity contribution in [3.63, 3.8) is 0 Å². The molecule has 1 aliphatic rings. The molecule has 1 aromatic rings. The van der Waals surface area contributed by atoms with Crippen LogP contribution in [0.15, 0.2) is 18.2 Å². The second kappa shape index (κ2) is 8.93. The van der Waals surface area contributed by atoms with Crippen molar-refractivity contribution in [1.82, 2.24) is 10.2 Å². The molecule has 2 rings (SSSR count). The van der Waals surface area contributed by atoms with Gasteiger partial charge in [-0.2, -0.15) is 0 Å². The Hall–Kier alpha value is -1.53. The molecule has 1 amide bonds. The minimum Gasteiger partial charge on any atom is -0.395 e. The Balaban J connectivity index is 1.62. The SMILES string of the molecule is O=C(Cc1cc(F)ccc1F)NCCCCN1CCCC1CO. The van der Waals surface area contributed by atoms with Gasteiger partial charge in [-0.15, -0.1) is 0 Å². The Kier molecular flexibility index (Phi) is 6.92. The normalized spacial score (nSPS) is 18.3. The number of aliphatic hydroxyl groups excluding tert-OH is 1. The number of nitrogens with zero attached hydrogens (tertiary/aromatic N) is 1. The van der Waals surface area contributed by atoms with Crippen molar-refractivity contribution in [3.05, 3.63) is 35.4 Å². The summed E-state index contributed by atoms with van der Waals surface area (Å²) in [6, 6.07) is 3.40. The molecular formula is C17H24F2N2O2. The Morgan fingerprint density at radius 2 is 2.17 bits per heavy atom. The maximum Gasteiger partial charge on any atom is 0.224 e. The molecule has 1 saturated heterocycles. The fourth-order valence-electron chi connectivity index (χ4n) is 2.98. The van der Waals surface area contributed by atoms with Crippen LogP contribution in [-0.2, 0) is 11.2 Å². The Labute approximate surface area is 135 Å². The first-order valence-corrected chi connectivity index (χ1v) is 8.15. The van der Waals surface area contributed by atoms with E-state index >= 15 is 0 Å². The molecule has 0 aromatic heterocycles. The van der Waals surface area contributed by atoms with E-state index in [9.17, 15) is 18.7 Å². The van der Waals surface area contributed by atoms with Crippen molar-refractivity contribution < 1.29 is 18.7 Å². The fraction of sp³-hybridized carbons (Fsp3) is 0.588. The van der Waals surface area contributed by atoms with Crippen LogP contribution in [0.4, 0.5) is 8.78 Å². The van der Waals surface area contributed by atoms with Crippen molar-refractivity contribution in [2.75, 3.05) is 26.2 Å². The van der Waals surface area contributed by atoms with Gasteiger partial charge >= 0.3 is 0 Å². The van der Waals surface area contributed by atoms with Crippen molar-refractivity contribution in [3.8, 4) is 0 Å². The van der Waals surface area contributed by atoms with E-state index in [2.05, 4.69) is 10.2 Å². The number of likely N-dealkylation sites (tertiary alicyclic amines) is 1. The minimum atomic E-state index is -0.564. The van der Waals surface area contributed by atoms with Crippen LogP contribution in [0.5, 0.6) is 0 Å². The zero-order valence-electron chi connectivity index (χ0n) is 13.2. The van der Waals surface area contributed by atoms with Gasteiger partial charge in [0.2, 0.25) is 5.91 Å². The molecule has 23 heavy (non-hydrogen) atoms. The molecule has 0 spiro atoms. The van der Waals surface area contributed by atoms with E-state index in [1.54, 1.807) is 0 Å². The number of amides is 1. The van der Waals surface area contributed by atoms with E-state index in [1.165, 1.54) is 0 Å². The highest BCUT2D eigenvalue weighted by Gasteiger charge is 2.22. The predicted octanol–water partition coefficient (Wildman–Crippen LogP) is 1.86.